The molecular formula is C11H16N2O2. The van der Waals surface area contributed by atoms with E-state index in [9.17, 15) is 9.59 Å². The van der Waals surface area contributed by atoms with Crippen LogP contribution >= 0.6 is 0 Å². The maximum atomic E-state index is 11.6. The van der Waals surface area contributed by atoms with E-state index < -0.39 is 0 Å². The van der Waals surface area contributed by atoms with E-state index in [1.165, 1.54) is 21.4 Å². The number of nitrogens with zero attached hydrogens (tertiary/aromatic N) is 2. The normalized spacial score (nSPS) is 11.1. The molecule has 1 aromatic heterocycles. The van der Waals surface area contributed by atoms with Crippen LogP contribution < -0.4 is 11.2 Å². The summed E-state index contributed by atoms with van der Waals surface area (Å²) in [7, 11) is 1.64. The van der Waals surface area contributed by atoms with Crippen molar-refractivity contribution in [2.75, 3.05) is 0 Å². The Hall–Kier alpha value is -1.58. The van der Waals surface area contributed by atoms with Gasteiger partial charge < -0.3 is 4.57 Å². The summed E-state index contributed by atoms with van der Waals surface area (Å²) < 4.78 is 2.66. The number of hydrogen-bond acceptors (Lipinski definition) is 2. The summed E-state index contributed by atoms with van der Waals surface area (Å²) in [5.41, 5.74) is -0.490. The topological polar surface area (TPSA) is 44.0 Å². The average Bonchev–Trinajstić information content (AvgIpc) is 2.23. The van der Waals surface area contributed by atoms with Crippen LogP contribution in [0.2, 0.25) is 0 Å². The second kappa shape index (κ2) is 5.34. The van der Waals surface area contributed by atoms with Gasteiger partial charge in [-0.1, -0.05) is 19.1 Å². The van der Waals surface area contributed by atoms with Crippen LogP contribution in [0.4, 0.5) is 0 Å². The lowest BCUT2D eigenvalue weighted by molar-refractivity contribution is 0.596. The third-order valence-electron chi connectivity index (χ3n) is 2.16. The molecule has 0 saturated carbocycles. The molecule has 0 amide bonds. The molecule has 82 valence electrons. The fourth-order valence-electron chi connectivity index (χ4n) is 1.31. The van der Waals surface area contributed by atoms with E-state index in [1.807, 2.05) is 19.1 Å². The predicted octanol–water partition coefficient (Wildman–Crippen LogP) is 0.903. The van der Waals surface area contributed by atoms with E-state index in [1.54, 1.807) is 7.05 Å². The summed E-state index contributed by atoms with van der Waals surface area (Å²) in [6.45, 7) is 2.49. The van der Waals surface area contributed by atoms with Crippen molar-refractivity contribution in [3.8, 4) is 0 Å². The largest absolute Gasteiger partial charge is 0.330 e. The second-order valence-electron chi connectivity index (χ2n) is 3.37. The lowest BCUT2D eigenvalue weighted by Crippen LogP contribution is -2.37. The lowest BCUT2D eigenvalue weighted by atomic mass is 10.3. The summed E-state index contributed by atoms with van der Waals surface area (Å²) >= 11 is 0. The molecule has 0 aliphatic rings. The van der Waals surface area contributed by atoms with Crippen molar-refractivity contribution in [1.29, 1.82) is 0 Å². The van der Waals surface area contributed by atoms with Crippen LogP contribution in [0, 0.1) is 0 Å². The van der Waals surface area contributed by atoms with Crippen LogP contribution in [0.5, 0.6) is 0 Å². The average molecular weight is 208 g/mol. The third kappa shape index (κ3) is 2.94. The maximum absolute atomic E-state index is 11.6. The zero-order valence-corrected chi connectivity index (χ0v) is 9.14. The number of aryl methyl sites for hydroxylation is 1. The number of allylic oxidation sites excluding steroid dienone is 2. The quantitative estimate of drug-likeness (QED) is 0.690. The van der Waals surface area contributed by atoms with Gasteiger partial charge in [-0.3, -0.25) is 9.36 Å². The molecule has 0 unspecified atom stereocenters. The highest BCUT2D eigenvalue weighted by atomic mass is 16.2. The summed E-state index contributed by atoms with van der Waals surface area (Å²) in [5, 5.41) is 0. The zero-order valence-electron chi connectivity index (χ0n) is 9.14. The second-order valence-corrected chi connectivity index (χ2v) is 3.37. The van der Waals surface area contributed by atoms with Gasteiger partial charge in [0.15, 0.2) is 0 Å². The Kier molecular flexibility index (Phi) is 4.09. The Morgan fingerprint density at radius 2 is 2.07 bits per heavy atom. The van der Waals surface area contributed by atoms with Gasteiger partial charge in [0.1, 0.15) is 0 Å². The molecule has 0 radical (unpaired) electrons. The predicted molar refractivity (Wildman–Crippen MR) is 60.0 cm³/mol. The van der Waals surface area contributed by atoms with E-state index in [-0.39, 0.29) is 11.2 Å². The molecule has 0 fully saturated rings. The molecule has 1 heterocycles. The smallest absolute Gasteiger partial charge is 0.303 e. The van der Waals surface area contributed by atoms with Gasteiger partial charge in [0.05, 0.1) is 0 Å². The van der Waals surface area contributed by atoms with Crippen molar-refractivity contribution in [2.24, 2.45) is 7.05 Å². The van der Waals surface area contributed by atoms with Gasteiger partial charge in [-0.15, -0.1) is 0 Å². The van der Waals surface area contributed by atoms with E-state index >= 15 is 0 Å². The Bertz CT molecular complexity index is 454. The number of rotatable bonds is 4. The van der Waals surface area contributed by atoms with Crippen molar-refractivity contribution < 1.29 is 0 Å². The molecule has 4 nitrogen and oxygen atoms in total. The maximum Gasteiger partial charge on any atom is 0.330 e. The Morgan fingerprint density at radius 3 is 2.73 bits per heavy atom. The van der Waals surface area contributed by atoms with Gasteiger partial charge in [-0.05, 0) is 12.8 Å². The summed E-state index contributed by atoms with van der Waals surface area (Å²) in [5.74, 6) is 0. The molecule has 1 rings (SSSR count). The van der Waals surface area contributed by atoms with Crippen molar-refractivity contribution in [1.82, 2.24) is 9.13 Å². The monoisotopic (exact) mass is 208 g/mol. The summed E-state index contributed by atoms with van der Waals surface area (Å²) in [6, 6.07) is 1.41. The lowest BCUT2D eigenvalue weighted by Gasteiger charge is -2.03. The van der Waals surface area contributed by atoms with Gasteiger partial charge in [0, 0.05) is 25.9 Å². The first-order valence-corrected chi connectivity index (χ1v) is 5.08. The molecule has 0 bridgehead atoms. The standard InChI is InChI=1S/C11H16N2O2/c1-3-4-5-6-8-13-10(14)7-9-12(2)11(13)15/h4-5,7,9H,3,6,8H2,1-2H3. The van der Waals surface area contributed by atoms with Gasteiger partial charge in [0.2, 0.25) is 0 Å². The molecule has 15 heavy (non-hydrogen) atoms. The Balaban J connectivity index is 2.86. The highest BCUT2D eigenvalue weighted by Gasteiger charge is 2.00. The van der Waals surface area contributed by atoms with E-state index in [0.29, 0.717) is 13.0 Å². The van der Waals surface area contributed by atoms with E-state index in [2.05, 4.69) is 0 Å². The molecule has 1 aromatic rings. The van der Waals surface area contributed by atoms with E-state index in [4.69, 9.17) is 0 Å². The molecule has 4 heteroatoms. The molecule has 0 atom stereocenters. The van der Waals surface area contributed by atoms with Crippen LogP contribution in [0.15, 0.2) is 34.0 Å². The fraction of sp³-hybridized carbons (Fsp3) is 0.455. The van der Waals surface area contributed by atoms with Crippen LogP contribution in [0.25, 0.3) is 0 Å². The van der Waals surface area contributed by atoms with Crippen LogP contribution in [0.1, 0.15) is 19.8 Å². The van der Waals surface area contributed by atoms with Crippen molar-refractivity contribution in [3.05, 3.63) is 45.3 Å². The highest BCUT2D eigenvalue weighted by Crippen LogP contribution is 1.88. The first kappa shape index (κ1) is 11.5. The Morgan fingerprint density at radius 1 is 1.33 bits per heavy atom. The number of aromatic nitrogens is 2. The van der Waals surface area contributed by atoms with Crippen LogP contribution in [-0.2, 0) is 13.6 Å². The third-order valence-corrected chi connectivity index (χ3v) is 2.16. The minimum absolute atomic E-state index is 0.233. The SMILES string of the molecule is CCC=CCCn1c(=O)ccn(C)c1=O. The highest BCUT2D eigenvalue weighted by molar-refractivity contribution is 4.87. The molecule has 0 N–H and O–H groups in total. The molecule has 0 saturated heterocycles. The summed E-state index contributed by atoms with van der Waals surface area (Å²) in [6.07, 6.45) is 7.19. The fourth-order valence-corrected chi connectivity index (χ4v) is 1.31. The molecule has 0 aliphatic carbocycles. The first-order valence-electron chi connectivity index (χ1n) is 5.08. The van der Waals surface area contributed by atoms with Gasteiger partial charge >= 0.3 is 5.69 Å². The zero-order chi connectivity index (χ0) is 11.3. The molecule has 0 aromatic carbocycles. The minimum atomic E-state index is -0.257. The van der Waals surface area contributed by atoms with Crippen molar-refractivity contribution >= 4 is 0 Å². The molecule has 0 aliphatic heterocycles. The van der Waals surface area contributed by atoms with Gasteiger partial charge in [-0.2, -0.15) is 0 Å². The summed E-state index contributed by atoms with van der Waals surface area (Å²) in [4.78, 5) is 22.9. The Labute approximate surface area is 88.5 Å². The number of hydrogen-bond donors (Lipinski definition) is 0. The van der Waals surface area contributed by atoms with Crippen LogP contribution in [0.3, 0.4) is 0 Å². The first-order chi connectivity index (χ1) is 7.16. The van der Waals surface area contributed by atoms with Crippen LogP contribution in [-0.4, -0.2) is 9.13 Å². The van der Waals surface area contributed by atoms with Gasteiger partial charge in [-0.25, -0.2) is 4.79 Å². The molecule has 0 spiro atoms. The molecular weight excluding hydrogens is 192 g/mol. The van der Waals surface area contributed by atoms with Crippen molar-refractivity contribution in [3.63, 3.8) is 0 Å². The van der Waals surface area contributed by atoms with E-state index in [0.717, 1.165) is 6.42 Å². The minimum Gasteiger partial charge on any atom is -0.303 e. The van der Waals surface area contributed by atoms with Gasteiger partial charge in [0.25, 0.3) is 5.56 Å². The van der Waals surface area contributed by atoms with Crippen molar-refractivity contribution in [2.45, 2.75) is 26.3 Å².